The van der Waals surface area contributed by atoms with Crippen LogP contribution in [0, 0.1) is 0 Å². The number of ketones is 1. The molecule has 0 unspecified atom stereocenters. The lowest BCUT2D eigenvalue weighted by atomic mass is 10.3. The molecule has 0 aromatic rings. The fourth-order valence-corrected chi connectivity index (χ4v) is 0.525. The molecular weight excluding hydrogens is 144 g/mol. The van der Waals surface area contributed by atoms with Gasteiger partial charge in [0.25, 0.3) is 0 Å². The Hall–Kier alpha value is -1.16. The lowest BCUT2D eigenvalue weighted by Crippen LogP contribution is -2.29. The molecule has 0 rings (SSSR count). The van der Waals surface area contributed by atoms with Gasteiger partial charge in [0.05, 0.1) is 6.54 Å². The topological polar surface area (TPSA) is 72.2 Å². The smallest absolute Gasteiger partial charge is 0.231 e. The van der Waals surface area contributed by atoms with Crippen molar-refractivity contribution in [2.24, 2.45) is 5.73 Å². The maximum Gasteiger partial charge on any atom is 0.231 e. The van der Waals surface area contributed by atoms with Gasteiger partial charge in [-0.15, -0.1) is 0 Å². The molecule has 4 nitrogen and oxygen atoms in total. The van der Waals surface area contributed by atoms with Gasteiger partial charge in [0, 0.05) is 13.0 Å². The highest BCUT2D eigenvalue weighted by atomic mass is 16.1. The van der Waals surface area contributed by atoms with Gasteiger partial charge in [-0.25, -0.2) is 0 Å². The number of nitrogens with one attached hydrogen (secondary N) is 1. The van der Waals surface area contributed by atoms with Gasteiger partial charge in [0.15, 0.2) is 5.78 Å². The van der Waals surface area contributed by atoms with Crippen LogP contribution in [0.4, 0.5) is 0 Å². The summed E-state index contributed by atoms with van der Waals surface area (Å²) >= 11 is 0. The Kier molecular flexibility index (Phi) is 5.02. The summed E-state index contributed by atoms with van der Waals surface area (Å²) in [5.41, 5.74) is 4.84. The molecule has 0 saturated heterocycles. The van der Waals surface area contributed by atoms with E-state index in [-0.39, 0.29) is 12.3 Å². The van der Waals surface area contributed by atoms with E-state index in [1.54, 1.807) is 0 Å². The van der Waals surface area contributed by atoms with Crippen molar-refractivity contribution in [2.45, 2.75) is 6.42 Å². The monoisotopic (exact) mass is 156 g/mol. The van der Waals surface area contributed by atoms with Gasteiger partial charge >= 0.3 is 0 Å². The first-order valence-corrected chi connectivity index (χ1v) is 3.31. The molecule has 0 aromatic carbocycles. The number of rotatable bonds is 6. The van der Waals surface area contributed by atoms with E-state index in [1.807, 2.05) is 0 Å². The Labute approximate surface area is 65.5 Å². The van der Waals surface area contributed by atoms with Crippen LogP contribution in [0.15, 0.2) is 12.7 Å². The third-order valence-corrected chi connectivity index (χ3v) is 1.08. The van der Waals surface area contributed by atoms with E-state index in [0.717, 1.165) is 0 Å². The average molecular weight is 156 g/mol. The summed E-state index contributed by atoms with van der Waals surface area (Å²) in [5, 5.41) is 2.71. The molecule has 0 atom stereocenters. The maximum atomic E-state index is 10.6. The summed E-state index contributed by atoms with van der Waals surface area (Å²) in [5.74, 6) is -0.460. The first-order chi connectivity index (χ1) is 5.16. The Morgan fingerprint density at radius 3 is 2.64 bits per heavy atom. The van der Waals surface area contributed by atoms with Crippen LogP contribution in [0.3, 0.4) is 0 Å². The summed E-state index contributed by atoms with van der Waals surface area (Å²) in [6.45, 7) is 3.89. The fraction of sp³-hybridized carbons (Fsp3) is 0.429. The van der Waals surface area contributed by atoms with Crippen LogP contribution in [0.5, 0.6) is 0 Å². The molecule has 4 heteroatoms. The van der Waals surface area contributed by atoms with Crippen LogP contribution in [0.2, 0.25) is 0 Å². The number of amides is 1. The lowest BCUT2D eigenvalue weighted by Gasteiger charge is -1.97. The standard InChI is InChI=1S/C7H12N2O2/c1-2-6(10)3-4-9-5-7(8)11/h2,9H,1,3-5H2,(H2,8,11). The van der Waals surface area contributed by atoms with Crippen molar-refractivity contribution in [1.82, 2.24) is 5.32 Å². The molecule has 0 aliphatic rings. The normalized spacial score (nSPS) is 9.09. The van der Waals surface area contributed by atoms with Gasteiger partial charge in [-0.05, 0) is 6.08 Å². The zero-order valence-electron chi connectivity index (χ0n) is 6.30. The lowest BCUT2D eigenvalue weighted by molar-refractivity contribution is -0.118. The van der Waals surface area contributed by atoms with E-state index < -0.39 is 5.91 Å². The largest absolute Gasteiger partial charge is 0.369 e. The molecule has 0 radical (unpaired) electrons. The molecule has 0 aromatic heterocycles. The highest BCUT2D eigenvalue weighted by Gasteiger charge is 1.95. The second-order valence-corrected chi connectivity index (χ2v) is 2.06. The van der Waals surface area contributed by atoms with Gasteiger partial charge in [-0.1, -0.05) is 6.58 Å². The van der Waals surface area contributed by atoms with Crippen LogP contribution in [-0.4, -0.2) is 24.8 Å². The second-order valence-electron chi connectivity index (χ2n) is 2.06. The van der Waals surface area contributed by atoms with Crippen LogP contribution < -0.4 is 11.1 Å². The molecule has 0 fully saturated rings. The minimum absolute atomic E-state index is 0.0398. The van der Waals surface area contributed by atoms with E-state index in [9.17, 15) is 9.59 Å². The summed E-state index contributed by atoms with van der Waals surface area (Å²) in [6.07, 6.45) is 1.61. The molecule has 0 aliphatic carbocycles. The number of carbonyl (C=O) groups excluding carboxylic acids is 2. The number of primary amides is 1. The number of hydrogen-bond acceptors (Lipinski definition) is 3. The van der Waals surface area contributed by atoms with Gasteiger partial charge in [0.1, 0.15) is 0 Å². The van der Waals surface area contributed by atoms with E-state index in [1.165, 1.54) is 6.08 Å². The van der Waals surface area contributed by atoms with E-state index in [0.29, 0.717) is 13.0 Å². The average Bonchev–Trinajstić information content (AvgIpc) is 1.97. The first-order valence-electron chi connectivity index (χ1n) is 3.31. The minimum atomic E-state index is -0.420. The number of allylic oxidation sites excluding steroid dienone is 1. The second kappa shape index (κ2) is 5.61. The Bertz CT molecular complexity index is 166. The fourth-order valence-electron chi connectivity index (χ4n) is 0.525. The van der Waals surface area contributed by atoms with Gasteiger partial charge in [-0.2, -0.15) is 0 Å². The maximum absolute atomic E-state index is 10.6. The van der Waals surface area contributed by atoms with E-state index >= 15 is 0 Å². The molecule has 1 amide bonds. The van der Waals surface area contributed by atoms with Crippen molar-refractivity contribution < 1.29 is 9.59 Å². The van der Waals surface area contributed by atoms with Crippen molar-refractivity contribution in [3.8, 4) is 0 Å². The summed E-state index contributed by atoms with van der Waals surface area (Å²) in [4.78, 5) is 20.8. The van der Waals surface area contributed by atoms with Gasteiger partial charge in [0.2, 0.25) is 5.91 Å². The molecule has 0 bridgehead atoms. The molecule has 0 saturated carbocycles. The minimum Gasteiger partial charge on any atom is -0.369 e. The van der Waals surface area contributed by atoms with E-state index in [4.69, 9.17) is 5.73 Å². The molecule has 62 valence electrons. The highest BCUT2D eigenvalue weighted by Crippen LogP contribution is 1.80. The molecular formula is C7H12N2O2. The van der Waals surface area contributed by atoms with Crippen molar-refractivity contribution in [3.63, 3.8) is 0 Å². The Balaban J connectivity index is 3.21. The van der Waals surface area contributed by atoms with Gasteiger partial charge < -0.3 is 11.1 Å². The predicted octanol–water partition coefficient (Wildman–Crippen LogP) is -0.793. The quantitative estimate of drug-likeness (QED) is 0.391. The van der Waals surface area contributed by atoms with E-state index in [2.05, 4.69) is 11.9 Å². The number of hydrogen-bond donors (Lipinski definition) is 2. The molecule has 3 N–H and O–H groups in total. The van der Waals surface area contributed by atoms with Crippen molar-refractivity contribution in [3.05, 3.63) is 12.7 Å². The summed E-state index contributed by atoms with van der Waals surface area (Å²) in [7, 11) is 0. The molecule has 0 spiro atoms. The molecule has 11 heavy (non-hydrogen) atoms. The Morgan fingerprint density at radius 2 is 2.18 bits per heavy atom. The summed E-state index contributed by atoms with van der Waals surface area (Å²) in [6, 6.07) is 0. The molecule has 0 heterocycles. The Morgan fingerprint density at radius 1 is 1.55 bits per heavy atom. The highest BCUT2D eigenvalue weighted by molar-refractivity contribution is 5.89. The van der Waals surface area contributed by atoms with Crippen LogP contribution in [0.1, 0.15) is 6.42 Å². The van der Waals surface area contributed by atoms with Crippen molar-refractivity contribution in [2.75, 3.05) is 13.1 Å². The zero-order chi connectivity index (χ0) is 8.69. The van der Waals surface area contributed by atoms with Crippen LogP contribution in [0.25, 0.3) is 0 Å². The third-order valence-electron chi connectivity index (χ3n) is 1.08. The van der Waals surface area contributed by atoms with Crippen LogP contribution in [-0.2, 0) is 9.59 Å². The third kappa shape index (κ3) is 6.73. The number of carbonyl (C=O) groups is 2. The number of nitrogens with two attached hydrogens (primary N) is 1. The first kappa shape index (κ1) is 9.84. The van der Waals surface area contributed by atoms with Crippen LogP contribution >= 0.6 is 0 Å². The van der Waals surface area contributed by atoms with Crippen molar-refractivity contribution in [1.29, 1.82) is 0 Å². The van der Waals surface area contributed by atoms with Crippen molar-refractivity contribution >= 4 is 11.7 Å². The van der Waals surface area contributed by atoms with Gasteiger partial charge in [-0.3, -0.25) is 9.59 Å². The summed E-state index contributed by atoms with van der Waals surface area (Å²) < 4.78 is 0. The molecule has 0 aliphatic heterocycles. The predicted molar refractivity (Wildman–Crippen MR) is 41.9 cm³/mol. The zero-order valence-corrected chi connectivity index (χ0v) is 6.30. The SMILES string of the molecule is C=CC(=O)CCNCC(N)=O.